The fourth-order valence-electron chi connectivity index (χ4n) is 2.92. The van der Waals surface area contributed by atoms with E-state index in [0.29, 0.717) is 28.8 Å². The molecule has 1 N–H and O–H groups in total. The van der Waals surface area contributed by atoms with Crippen LogP contribution in [0, 0.1) is 6.92 Å². The lowest BCUT2D eigenvalue weighted by Crippen LogP contribution is -2.22. The monoisotopic (exact) mass is 362 g/mol. The van der Waals surface area contributed by atoms with Gasteiger partial charge in [0, 0.05) is 29.3 Å². The summed E-state index contributed by atoms with van der Waals surface area (Å²) in [6.45, 7) is 5.12. The number of azide groups is 1. The van der Waals surface area contributed by atoms with Gasteiger partial charge >= 0.3 is 0 Å². The number of amides is 1. The van der Waals surface area contributed by atoms with Crippen LogP contribution in [0.2, 0.25) is 0 Å². The van der Waals surface area contributed by atoms with E-state index in [2.05, 4.69) is 24.9 Å². The van der Waals surface area contributed by atoms with Crippen LogP contribution in [0.1, 0.15) is 28.7 Å². The quantitative estimate of drug-likeness (QED) is 0.423. The van der Waals surface area contributed by atoms with Gasteiger partial charge in [0.2, 0.25) is 5.91 Å². The van der Waals surface area contributed by atoms with Crippen molar-refractivity contribution in [3.8, 4) is 0 Å². The maximum Gasteiger partial charge on any atom is 0.258 e. The van der Waals surface area contributed by atoms with Crippen LogP contribution in [0.15, 0.2) is 52.4 Å². The molecule has 0 aliphatic carbocycles. The third-order valence-electron chi connectivity index (χ3n) is 4.26. The molecule has 0 aliphatic rings. The molecule has 1 aromatic heterocycles. The van der Waals surface area contributed by atoms with Crippen LogP contribution in [0.5, 0.6) is 0 Å². The van der Waals surface area contributed by atoms with Gasteiger partial charge in [0.15, 0.2) is 0 Å². The van der Waals surface area contributed by atoms with Crippen LogP contribution in [0.3, 0.4) is 0 Å². The van der Waals surface area contributed by atoms with Crippen LogP contribution in [-0.2, 0) is 6.54 Å². The van der Waals surface area contributed by atoms with E-state index in [9.17, 15) is 9.59 Å². The Morgan fingerprint density at radius 2 is 2.00 bits per heavy atom. The van der Waals surface area contributed by atoms with Gasteiger partial charge in [-0.2, -0.15) is 0 Å². The van der Waals surface area contributed by atoms with Crippen LogP contribution in [-0.4, -0.2) is 22.4 Å². The first-order valence-electron chi connectivity index (χ1n) is 8.46. The predicted molar refractivity (Wildman–Crippen MR) is 104 cm³/mol. The Morgan fingerprint density at radius 1 is 1.26 bits per heavy atom. The summed E-state index contributed by atoms with van der Waals surface area (Å²) in [5.41, 5.74) is 11.1. The van der Waals surface area contributed by atoms with Gasteiger partial charge < -0.3 is 9.88 Å². The van der Waals surface area contributed by atoms with E-state index >= 15 is 0 Å². The molecule has 0 fully saturated rings. The number of rotatable bonds is 5. The highest BCUT2D eigenvalue weighted by Crippen LogP contribution is 2.20. The van der Waals surface area contributed by atoms with Gasteiger partial charge in [-0.1, -0.05) is 6.07 Å². The van der Waals surface area contributed by atoms with Gasteiger partial charge in [-0.3, -0.25) is 9.59 Å². The SMILES string of the molecule is CCN(Cc1ccc2nc(C)[nH]c(=O)c2c1)c1ccc(C(=O)N=[N+]=[N-])cc1. The second-order valence-corrected chi connectivity index (χ2v) is 6.06. The van der Waals surface area contributed by atoms with Crippen molar-refractivity contribution in [2.24, 2.45) is 5.11 Å². The summed E-state index contributed by atoms with van der Waals surface area (Å²) in [6.07, 6.45) is 0. The smallest absolute Gasteiger partial charge is 0.258 e. The Bertz CT molecular complexity index is 1100. The Balaban J connectivity index is 1.86. The number of nitrogens with zero attached hydrogens (tertiary/aromatic N) is 5. The van der Waals surface area contributed by atoms with Gasteiger partial charge in [0.1, 0.15) is 5.82 Å². The highest BCUT2D eigenvalue weighted by Gasteiger charge is 2.09. The molecule has 27 heavy (non-hydrogen) atoms. The summed E-state index contributed by atoms with van der Waals surface area (Å²) in [6, 6.07) is 12.5. The number of carbonyl (C=O) groups is 1. The number of hydrogen-bond acceptors (Lipinski definition) is 4. The minimum atomic E-state index is -0.608. The third kappa shape index (κ3) is 3.96. The highest BCUT2D eigenvalue weighted by atomic mass is 16.1. The molecular weight excluding hydrogens is 344 g/mol. The van der Waals surface area contributed by atoms with Crippen molar-refractivity contribution in [1.29, 1.82) is 0 Å². The molecule has 0 atom stereocenters. The molecule has 0 bridgehead atoms. The van der Waals surface area contributed by atoms with E-state index < -0.39 is 5.91 Å². The molecule has 8 heteroatoms. The topological polar surface area (TPSA) is 115 Å². The second-order valence-electron chi connectivity index (χ2n) is 6.06. The van der Waals surface area contributed by atoms with Crippen molar-refractivity contribution in [1.82, 2.24) is 9.97 Å². The highest BCUT2D eigenvalue weighted by molar-refractivity contribution is 5.95. The maximum atomic E-state index is 12.2. The number of nitrogens with one attached hydrogen (secondary N) is 1. The van der Waals surface area contributed by atoms with E-state index in [0.717, 1.165) is 17.8 Å². The minimum absolute atomic E-state index is 0.150. The minimum Gasteiger partial charge on any atom is -0.367 e. The number of H-pyrrole nitrogens is 1. The standard InChI is InChI=1S/C19H18N6O2/c1-3-25(15-7-5-14(6-8-15)18(26)23-24-20)11-13-4-9-17-16(10-13)19(27)22-12(2)21-17/h4-10H,3,11H2,1-2H3,(H,21,22,27). The van der Waals surface area contributed by atoms with Crippen LogP contribution in [0.25, 0.3) is 21.3 Å². The van der Waals surface area contributed by atoms with Crippen molar-refractivity contribution < 1.29 is 4.79 Å². The Kier molecular flexibility index (Phi) is 5.19. The van der Waals surface area contributed by atoms with Gasteiger partial charge in [-0.05, 0) is 66.5 Å². The van der Waals surface area contributed by atoms with Gasteiger partial charge in [-0.15, -0.1) is 0 Å². The molecule has 136 valence electrons. The van der Waals surface area contributed by atoms with Crippen LogP contribution >= 0.6 is 0 Å². The van der Waals surface area contributed by atoms with Crippen molar-refractivity contribution in [2.75, 3.05) is 11.4 Å². The number of anilines is 1. The maximum absolute atomic E-state index is 12.2. The van der Waals surface area contributed by atoms with E-state index in [1.54, 1.807) is 19.1 Å². The predicted octanol–water partition coefficient (Wildman–Crippen LogP) is 3.71. The number of carbonyl (C=O) groups excluding carboxylic acids is 1. The Hall–Kier alpha value is -3.64. The zero-order valence-electron chi connectivity index (χ0n) is 15.0. The molecule has 0 unspecified atom stereocenters. The zero-order chi connectivity index (χ0) is 19.4. The Morgan fingerprint density at radius 3 is 2.67 bits per heavy atom. The average Bonchev–Trinajstić information content (AvgIpc) is 2.66. The summed E-state index contributed by atoms with van der Waals surface area (Å²) in [4.78, 5) is 35.4. The number of aryl methyl sites for hydroxylation is 1. The lowest BCUT2D eigenvalue weighted by atomic mass is 10.1. The van der Waals surface area contributed by atoms with Crippen molar-refractivity contribution in [3.63, 3.8) is 0 Å². The number of aromatic amines is 1. The molecule has 3 aromatic rings. The van der Waals surface area contributed by atoms with Crippen molar-refractivity contribution in [3.05, 3.63) is 80.2 Å². The molecule has 0 aliphatic heterocycles. The molecule has 0 spiro atoms. The number of hydrogen-bond donors (Lipinski definition) is 1. The molecule has 8 nitrogen and oxygen atoms in total. The molecule has 0 saturated heterocycles. The molecular formula is C19H18N6O2. The summed E-state index contributed by atoms with van der Waals surface area (Å²) in [5, 5.41) is 3.65. The summed E-state index contributed by atoms with van der Waals surface area (Å²) in [5.74, 6) is -0.0190. The Labute approximate surface area is 155 Å². The summed E-state index contributed by atoms with van der Waals surface area (Å²) >= 11 is 0. The molecule has 3 rings (SSSR count). The first-order valence-corrected chi connectivity index (χ1v) is 8.46. The first-order chi connectivity index (χ1) is 13.0. The molecule has 1 amide bonds. The van der Waals surface area contributed by atoms with E-state index in [4.69, 9.17) is 5.53 Å². The summed E-state index contributed by atoms with van der Waals surface area (Å²) < 4.78 is 0. The van der Waals surface area contributed by atoms with E-state index in [-0.39, 0.29) is 5.56 Å². The summed E-state index contributed by atoms with van der Waals surface area (Å²) in [7, 11) is 0. The van der Waals surface area contributed by atoms with Gasteiger partial charge in [0.05, 0.1) is 10.9 Å². The number of fused-ring (bicyclic) bond motifs is 1. The zero-order valence-corrected chi connectivity index (χ0v) is 15.0. The van der Waals surface area contributed by atoms with E-state index in [1.165, 1.54) is 0 Å². The van der Waals surface area contributed by atoms with Crippen LogP contribution in [0.4, 0.5) is 5.69 Å². The average molecular weight is 362 g/mol. The van der Waals surface area contributed by atoms with Crippen LogP contribution < -0.4 is 10.5 Å². The third-order valence-corrected chi connectivity index (χ3v) is 4.26. The largest absolute Gasteiger partial charge is 0.367 e. The first kappa shape index (κ1) is 18.2. The number of aromatic nitrogens is 2. The molecule has 1 heterocycles. The van der Waals surface area contributed by atoms with Gasteiger partial charge in [0.25, 0.3) is 5.56 Å². The molecule has 2 aromatic carbocycles. The lowest BCUT2D eigenvalue weighted by Gasteiger charge is -2.23. The van der Waals surface area contributed by atoms with Crippen molar-refractivity contribution in [2.45, 2.75) is 20.4 Å². The fourth-order valence-corrected chi connectivity index (χ4v) is 2.92. The number of benzene rings is 2. The fraction of sp³-hybridized carbons (Fsp3) is 0.211. The second kappa shape index (κ2) is 7.72. The van der Waals surface area contributed by atoms with Crippen molar-refractivity contribution >= 4 is 22.5 Å². The van der Waals surface area contributed by atoms with E-state index in [1.807, 2.05) is 37.3 Å². The lowest BCUT2D eigenvalue weighted by molar-refractivity contribution is 0.100. The van der Waals surface area contributed by atoms with Gasteiger partial charge in [-0.25, -0.2) is 4.98 Å². The molecule has 0 saturated carbocycles. The normalized spacial score (nSPS) is 10.4. The molecule has 0 radical (unpaired) electrons.